The first-order valence-electron chi connectivity index (χ1n) is 6.00. The Balaban J connectivity index is 2.01. The predicted octanol–water partition coefficient (Wildman–Crippen LogP) is 2.34. The second-order valence-electron chi connectivity index (χ2n) is 4.48. The molecule has 0 radical (unpaired) electrons. The normalized spacial score (nSPS) is 17.4. The van der Waals surface area contributed by atoms with Gasteiger partial charge in [0.15, 0.2) is 0 Å². The minimum atomic E-state index is 0.399. The lowest BCUT2D eigenvalue weighted by molar-refractivity contribution is 0.501. The summed E-state index contributed by atoms with van der Waals surface area (Å²) in [5, 5.41) is 0. The molecule has 0 spiro atoms. The first-order chi connectivity index (χ1) is 7.79. The Hall–Kier alpha value is -1.28. The lowest BCUT2D eigenvalue weighted by atomic mass is 10.0. The average Bonchev–Trinajstić information content (AvgIpc) is 2.32. The van der Waals surface area contributed by atoms with Crippen LogP contribution in [-0.2, 0) is 6.42 Å². The van der Waals surface area contributed by atoms with Crippen LogP contribution in [0.1, 0.15) is 18.4 Å². The van der Waals surface area contributed by atoms with Crippen LogP contribution < -0.4 is 10.6 Å². The number of hydrogen-bond acceptors (Lipinski definition) is 2. The SMILES string of the molecule is C=CCc1ccc(N2CCC(N)CC2)cc1. The summed E-state index contributed by atoms with van der Waals surface area (Å²) < 4.78 is 0. The van der Waals surface area contributed by atoms with Gasteiger partial charge in [0.05, 0.1) is 0 Å². The van der Waals surface area contributed by atoms with Crippen LogP contribution in [0, 0.1) is 0 Å². The van der Waals surface area contributed by atoms with Gasteiger partial charge in [0.1, 0.15) is 0 Å². The van der Waals surface area contributed by atoms with Crippen LogP contribution in [0.3, 0.4) is 0 Å². The monoisotopic (exact) mass is 216 g/mol. The van der Waals surface area contributed by atoms with Crippen molar-refractivity contribution in [1.29, 1.82) is 0 Å². The highest BCUT2D eigenvalue weighted by molar-refractivity contribution is 5.48. The van der Waals surface area contributed by atoms with E-state index in [2.05, 4.69) is 35.7 Å². The molecule has 1 heterocycles. The summed E-state index contributed by atoms with van der Waals surface area (Å²) in [7, 11) is 0. The average molecular weight is 216 g/mol. The number of allylic oxidation sites excluding steroid dienone is 1. The van der Waals surface area contributed by atoms with E-state index in [1.54, 1.807) is 0 Å². The minimum Gasteiger partial charge on any atom is -0.371 e. The molecule has 0 amide bonds. The van der Waals surface area contributed by atoms with Crippen LogP contribution in [0.15, 0.2) is 36.9 Å². The molecule has 1 aliphatic rings. The van der Waals surface area contributed by atoms with E-state index >= 15 is 0 Å². The van der Waals surface area contributed by atoms with E-state index in [1.807, 2.05) is 6.08 Å². The first-order valence-corrected chi connectivity index (χ1v) is 6.00. The third-order valence-electron chi connectivity index (χ3n) is 3.22. The molecule has 0 unspecified atom stereocenters. The van der Waals surface area contributed by atoms with Crippen molar-refractivity contribution >= 4 is 5.69 Å². The van der Waals surface area contributed by atoms with Crippen molar-refractivity contribution < 1.29 is 0 Å². The van der Waals surface area contributed by atoms with E-state index in [0.717, 1.165) is 32.4 Å². The largest absolute Gasteiger partial charge is 0.371 e. The highest BCUT2D eigenvalue weighted by Crippen LogP contribution is 2.20. The summed E-state index contributed by atoms with van der Waals surface area (Å²) in [6.07, 6.45) is 5.10. The molecule has 2 N–H and O–H groups in total. The molecule has 0 saturated carbocycles. The maximum atomic E-state index is 5.90. The van der Waals surface area contributed by atoms with Crippen LogP contribution in [-0.4, -0.2) is 19.1 Å². The maximum absolute atomic E-state index is 5.90. The molecule has 1 saturated heterocycles. The van der Waals surface area contributed by atoms with E-state index < -0.39 is 0 Å². The van der Waals surface area contributed by atoms with Gasteiger partial charge in [0.25, 0.3) is 0 Å². The van der Waals surface area contributed by atoms with Crippen molar-refractivity contribution in [3.63, 3.8) is 0 Å². The molecule has 1 fully saturated rings. The Kier molecular flexibility index (Phi) is 3.62. The molecule has 1 aliphatic heterocycles. The van der Waals surface area contributed by atoms with Gasteiger partial charge in [-0.25, -0.2) is 0 Å². The van der Waals surface area contributed by atoms with E-state index in [-0.39, 0.29) is 0 Å². The molecule has 0 aromatic heterocycles. The number of rotatable bonds is 3. The maximum Gasteiger partial charge on any atom is 0.0366 e. The summed E-state index contributed by atoms with van der Waals surface area (Å²) >= 11 is 0. The van der Waals surface area contributed by atoms with Gasteiger partial charge in [-0.05, 0) is 37.0 Å². The summed E-state index contributed by atoms with van der Waals surface area (Å²) in [5.74, 6) is 0. The van der Waals surface area contributed by atoms with Crippen molar-refractivity contribution in [3.8, 4) is 0 Å². The lowest BCUT2D eigenvalue weighted by Gasteiger charge is -2.32. The van der Waals surface area contributed by atoms with E-state index in [0.29, 0.717) is 6.04 Å². The molecule has 0 atom stereocenters. The predicted molar refractivity (Wildman–Crippen MR) is 69.8 cm³/mol. The van der Waals surface area contributed by atoms with E-state index in [4.69, 9.17) is 5.73 Å². The van der Waals surface area contributed by atoms with Gasteiger partial charge in [0, 0.05) is 24.8 Å². The highest BCUT2D eigenvalue weighted by atomic mass is 15.1. The van der Waals surface area contributed by atoms with Gasteiger partial charge in [-0.2, -0.15) is 0 Å². The topological polar surface area (TPSA) is 29.3 Å². The van der Waals surface area contributed by atoms with Crippen molar-refractivity contribution in [3.05, 3.63) is 42.5 Å². The highest BCUT2D eigenvalue weighted by Gasteiger charge is 2.15. The molecular weight excluding hydrogens is 196 g/mol. The molecule has 1 aromatic rings. The smallest absolute Gasteiger partial charge is 0.0366 e. The van der Waals surface area contributed by atoms with Gasteiger partial charge in [0.2, 0.25) is 0 Å². The van der Waals surface area contributed by atoms with Gasteiger partial charge >= 0.3 is 0 Å². The Morgan fingerprint density at radius 1 is 1.25 bits per heavy atom. The molecule has 0 bridgehead atoms. The Morgan fingerprint density at radius 3 is 2.44 bits per heavy atom. The number of benzene rings is 1. The molecule has 2 nitrogen and oxygen atoms in total. The number of anilines is 1. The fourth-order valence-corrected chi connectivity index (χ4v) is 2.17. The van der Waals surface area contributed by atoms with Crippen LogP contribution in [0.4, 0.5) is 5.69 Å². The number of nitrogens with zero attached hydrogens (tertiary/aromatic N) is 1. The summed E-state index contributed by atoms with van der Waals surface area (Å²) in [4.78, 5) is 2.42. The quantitative estimate of drug-likeness (QED) is 0.786. The standard InChI is InChI=1S/C14H20N2/c1-2-3-12-4-6-14(7-5-12)16-10-8-13(15)9-11-16/h2,4-7,13H,1,3,8-11,15H2. The Bertz CT molecular complexity index is 334. The minimum absolute atomic E-state index is 0.399. The molecule has 16 heavy (non-hydrogen) atoms. The van der Waals surface area contributed by atoms with Crippen molar-refractivity contribution in [2.24, 2.45) is 5.73 Å². The van der Waals surface area contributed by atoms with Crippen molar-refractivity contribution in [1.82, 2.24) is 0 Å². The van der Waals surface area contributed by atoms with Gasteiger partial charge in [-0.1, -0.05) is 18.2 Å². The number of nitrogens with two attached hydrogens (primary N) is 1. The molecule has 86 valence electrons. The Labute approximate surface area is 97.8 Å². The molecule has 2 heteroatoms. The van der Waals surface area contributed by atoms with Gasteiger partial charge in [-0.15, -0.1) is 6.58 Å². The molecule has 1 aromatic carbocycles. The van der Waals surface area contributed by atoms with Crippen molar-refractivity contribution in [2.75, 3.05) is 18.0 Å². The molecule has 0 aliphatic carbocycles. The van der Waals surface area contributed by atoms with E-state index in [1.165, 1.54) is 11.3 Å². The second kappa shape index (κ2) is 5.17. The molecule has 2 rings (SSSR count). The third kappa shape index (κ3) is 2.64. The summed E-state index contributed by atoms with van der Waals surface area (Å²) in [6.45, 7) is 5.92. The van der Waals surface area contributed by atoms with Crippen LogP contribution >= 0.6 is 0 Å². The zero-order valence-electron chi connectivity index (χ0n) is 9.73. The zero-order valence-corrected chi connectivity index (χ0v) is 9.73. The molecular formula is C14H20N2. The second-order valence-corrected chi connectivity index (χ2v) is 4.48. The van der Waals surface area contributed by atoms with Crippen LogP contribution in [0.2, 0.25) is 0 Å². The third-order valence-corrected chi connectivity index (χ3v) is 3.22. The summed E-state index contributed by atoms with van der Waals surface area (Å²) in [5.41, 5.74) is 8.55. The fraction of sp³-hybridized carbons (Fsp3) is 0.429. The summed E-state index contributed by atoms with van der Waals surface area (Å²) in [6, 6.07) is 9.18. The van der Waals surface area contributed by atoms with Gasteiger partial charge in [-0.3, -0.25) is 0 Å². The number of piperidine rings is 1. The number of hydrogen-bond donors (Lipinski definition) is 1. The van der Waals surface area contributed by atoms with Crippen LogP contribution in [0.25, 0.3) is 0 Å². The fourth-order valence-electron chi connectivity index (χ4n) is 2.17. The van der Waals surface area contributed by atoms with Crippen LogP contribution in [0.5, 0.6) is 0 Å². The van der Waals surface area contributed by atoms with Crippen molar-refractivity contribution in [2.45, 2.75) is 25.3 Å². The lowest BCUT2D eigenvalue weighted by Crippen LogP contribution is -2.39. The van der Waals surface area contributed by atoms with Gasteiger partial charge < -0.3 is 10.6 Å². The zero-order chi connectivity index (χ0) is 11.4. The first kappa shape index (κ1) is 11.2. The Morgan fingerprint density at radius 2 is 1.88 bits per heavy atom. The van der Waals surface area contributed by atoms with E-state index in [9.17, 15) is 0 Å².